The highest BCUT2D eigenvalue weighted by Crippen LogP contribution is 2.72. The lowest BCUT2D eigenvalue weighted by atomic mass is 9.80. The predicted octanol–water partition coefficient (Wildman–Crippen LogP) is 14.1. The fourth-order valence-corrected chi connectivity index (χ4v) is 3.67. The lowest BCUT2D eigenvalue weighted by Gasteiger charge is -2.51. The van der Waals surface area contributed by atoms with Crippen LogP contribution in [0, 0.1) is 5.41 Å². The SMILES string of the molecule is FC(F)(F)C(F)(F)C(F)(F)C(F)(F)OC(F)(F)C(C(F)(F)OC(F)(F)C(F)(F)C(F)(F)C(F)(F)F)(C(F)(F)OC(F)(F)C(F)(F)C(F)(F)C(F)(F)F)C(F)(F)OC(F)(F)C(F)(F)C(F)(F)C(F)(F)F. The van der Waals surface area contributed by atoms with Gasteiger partial charge in [-0.3, -0.25) is 0 Å². The molecule has 0 N–H and O–H groups in total. The molecule has 0 saturated heterocycles. The molecule has 0 bridgehead atoms. The molecule has 0 aromatic carbocycles. The van der Waals surface area contributed by atoms with Gasteiger partial charge < -0.3 is 0 Å². The standard InChI is InChI=1S/C21F44O4/c22-2(23,10(38,39)40)6(30,31)18(58,59)66-14(50,51)1(15(52,53)67-19(60,61)7(32,33)3(24,25)11(41,42)43,16(54,55)68-20(62,63)8(34,35)4(26,27)12(44,45)46)17(56,57)69-21(64,65)9(36,37)5(28,29)13(47,48)49. The van der Waals surface area contributed by atoms with E-state index in [0.29, 0.717) is 0 Å². The molecule has 4 nitrogen and oxygen atoms in total. The van der Waals surface area contributed by atoms with Gasteiger partial charge in [0.05, 0.1) is 0 Å². The summed E-state index contributed by atoms with van der Waals surface area (Å²) < 4.78 is 601. The Labute approximate surface area is 340 Å². The quantitative estimate of drug-likeness (QED) is 0.114. The summed E-state index contributed by atoms with van der Waals surface area (Å²) in [7, 11) is 0. The van der Waals surface area contributed by atoms with Crippen LogP contribution < -0.4 is 0 Å². The molecule has 0 rings (SSSR count). The van der Waals surface area contributed by atoms with Gasteiger partial charge in [0.2, 0.25) is 0 Å². The molecule has 416 valence electrons. The Morgan fingerprint density at radius 1 is 0.130 bits per heavy atom. The molecule has 0 aliphatic heterocycles. The maximum atomic E-state index is 15.3. The maximum absolute atomic E-state index is 15.3. The topological polar surface area (TPSA) is 36.9 Å². The monoisotopic (exact) mass is 1150 g/mol. The van der Waals surface area contributed by atoms with Crippen molar-refractivity contribution in [2.45, 2.75) is 121 Å². The van der Waals surface area contributed by atoms with Crippen LogP contribution in [0.15, 0.2) is 0 Å². The maximum Gasteiger partial charge on any atom is 0.460 e. The largest absolute Gasteiger partial charge is 0.460 e. The Kier molecular flexibility index (Phi) is 15.6. The summed E-state index contributed by atoms with van der Waals surface area (Å²) in [5.74, 6) is -76.6. The first kappa shape index (κ1) is 65.8. The molecular formula is C21F44O4. The average Bonchev–Trinajstić information content (AvgIpc) is 2.99. The van der Waals surface area contributed by atoms with Crippen LogP contribution in [0.4, 0.5) is 193 Å². The van der Waals surface area contributed by atoms with E-state index in [2.05, 4.69) is 0 Å². The van der Waals surface area contributed by atoms with Crippen LogP contribution in [0.25, 0.3) is 0 Å². The second kappa shape index (κ2) is 16.4. The van der Waals surface area contributed by atoms with Crippen molar-refractivity contribution in [3.05, 3.63) is 0 Å². The molecule has 0 unspecified atom stereocenters. The second-order valence-corrected chi connectivity index (χ2v) is 11.9. The van der Waals surface area contributed by atoms with E-state index in [9.17, 15) is 158 Å². The first-order chi connectivity index (χ1) is 28.8. The van der Waals surface area contributed by atoms with Crippen LogP contribution >= 0.6 is 0 Å². The van der Waals surface area contributed by atoms with Crippen LogP contribution in [0.3, 0.4) is 0 Å². The van der Waals surface area contributed by atoms with Crippen molar-refractivity contribution in [2.75, 3.05) is 0 Å². The van der Waals surface area contributed by atoms with E-state index in [1.807, 2.05) is 0 Å². The Morgan fingerprint density at radius 3 is 0.319 bits per heavy atom. The minimum absolute atomic E-state index is 0.203. The Bertz CT molecular complexity index is 1540. The molecular weight excluding hydrogens is 1150 g/mol. The van der Waals surface area contributed by atoms with Gasteiger partial charge in [0.15, 0.2) is 0 Å². The number of hydrogen-bond donors (Lipinski definition) is 0. The molecule has 0 aromatic rings. The van der Waals surface area contributed by atoms with Gasteiger partial charge in [0, 0.05) is 0 Å². The van der Waals surface area contributed by atoms with Crippen molar-refractivity contribution in [3.8, 4) is 0 Å². The molecule has 48 heteroatoms. The van der Waals surface area contributed by atoms with Gasteiger partial charge in [-0.05, 0) is 0 Å². The van der Waals surface area contributed by atoms with Gasteiger partial charge in [-0.15, -0.1) is 0 Å². The second-order valence-electron chi connectivity index (χ2n) is 11.9. The Hall–Kier alpha value is -3.24. The average molecular weight is 1150 g/mol. The van der Waals surface area contributed by atoms with Crippen molar-refractivity contribution in [2.24, 2.45) is 5.41 Å². The smallest absolute Gasteiger partial charge is 0.249 e. The zero-order chi connectivity index (χ0) is 57.3. The van der Waals surface area contributed by atoms with Crippen LogP contribution in [-0.2, 0) is 18.9 Å². The number of hydrogen-bond acceptors (Lipinski definition) is 4. The third-order valence-electron chi connectivity index (χ3n) is 7.24. The molecule has 0 radical (unpaired) electrons. The van der Waals surface area contributed by atoms with E-state index >= 15 is 35.1 Å². The summed E-state index contributed by atoms with van der Waals surface area (Å²) in [4.78, 5) is 0. The van der Waals surface area contributed by atoms with Gasteiger partial charge in [-0.2, -0.15) is 193 Å². The molecule has 0 heterocycles. The Balaban J connectivity index is 9.95. The van der Waals surface area contributed by atoms with Crippen LogP contribution in [0.1, 0.15) is 0 Å². The van der Waals surface area contributed by atoms with Crippen LogP contribution in [0.2, 0.25) is 0 Å². The normalized spacial score (nSPS) is 17.2. The zero-order valence-corrected chi connectivity index (χ0v) is 28.8. The minimum atomic E-state index is -11.8. The molecule has 0 aromatic heterocycles. The number of halogens is 44. The number of ether oxygens (including phenoxy) is 4. The van der Waals surface area contributed by atoms with Gasteiger partial charge in [-0.1, -0.05) is 0 Å². The third-order valence-corrected chi connectivity index (χ3v) is 7.24. The molecule has 0 saturated carbocycles. The van der Waals surface area contributed by atoms with E-state index < -0.39 is 126 Å². The first-order valence-electron chi connectivity index (χ1n) is 13.9. The van der Waals surface area contributed by atoms with E-state index in [4.69, 9.17) is 0 Å². The van der Waals surface area contributed by atoms with E-state index in [1.165, 1.54) is 0 Å². The lowest BCUT2D eigenvalue weighted by Crippen LogP contribution is -2.79. The predicted molar refractivity (Wildman–Crippen MR) is 110 cm³/mol. The molecule has 0 spiro atoms. The summed E-state index contributed by atoms with van der Waals surface area (Å²) in [5, 5.41) is 0. The molecule has 0 amide bonds. The summed E-state index contributed by atoms with van der Waals surface area (Å²) in [6, 6.07) is 0. The lowest BCUT2D eigenvalue weighted by molar-refractivity contribution is -0.632. The summed E-state index contributed by atoms with van der Waals surface area (Å²) in [6.07, 6.45) is -120. The van der Waals surface area contributed by atoms with E-state index in [1.54, 1.807) is 0 Å². The molecule has 0 aliphatic rings. The highest BCUT2D eigenvalue weighted by atomic mass is 19.5. The van der Waals surface area contributed by atoms with Gasteiger partial charge in [0.1, 0.15) is 0 Å². The Morgan fingerprint density at radius 2 is 0.232 bits per heavy atom. The van der Waals surface area contributed by atoms with Gasteiger partial charge in [0.25, 0.3) is 0 Å². The van der Waals surface area contributed by atoms with Gasteiger partial charge in [-0.25, -0.2) is 18.9 Å². The van der Waals surface area contributed by atoms with Crippen LogP contribution in [0.5, 0.6) is 0 Å². The highest BCUT2D eigenvalue weighted by molar-refractivity contribution is 5.12. The van der Waals surface area contributed by atoms with Crippen LogP contribution in [-0.4, -0.2) is 121 Å². The summed E-state index contributed by atoms with van der Waals surface area (Å²) in [6.45, 7) is 0. The summed E-state index contributed by atoms with van der Waals surface area (Å²) in [5.41, 5.74) is -11.8. The highest BCUT2D eigenvalue weighted by Gasteiger charge is 3.01. The molecule has 0 fully saturated rings. The fourth-order valence-electron chi connectivity index (χ4n) is 3.67. The van der Waals surface area contributed by atoms with E-state index in [0.717, 1.165) is 0 Å². The van der Waals surface area contributed by atoms with Gasteiger partial charge >= 0.3 is 126 Å². The number of rotatable bonds is 20. The van der Waals surface area contributed by atoms with Crippen molar-refractivity contribution < 1.29 is 212 Å². The van der Waals surface area contributed by atoms with Crippen molar-refractivity contribution in [3.63, 3.8) is 0 Å². The molecule has 0 aliphatic carbocycles. The van der Waals surface area contributed by atoms with Crippen molar-refractivity contribution in [1.82, 2.24) is 0 Å². The first-order valence-corrected chi connectivity index (χ1v) is 13.9. The van der Waals surface area contributed by atoms with E-state index in [-0.39, 0.29) is 18.9 Å². The third kappa shape index (κ3) is 9.40. The van der Waals surface area contributed by atoms with Crippen molar-refractivity contribution >= 4 is 0 Å². The summed E-state index contributed by atoms with van der Waals surface area (Å²) >= 11 is 0. The number of alkyl halides is 44. The minimum Gasteiger partial charge on any atom is -0.249 e. The zero-order valence-electron chi connectivity index (χ0n) is 28.8. The van der Waals surface area contributed by atoms with Crippen molar-refractivity contribution in [1.29, 1.82) is 0 Å². The molecule has 69 heavy (non-hydrogen) atoms. The molecule has 0 atom stereocenters. The fraction of sp³-hybridized carbons (Fsp3) is 1.00.